The first-order chi connectivity index (χ1) is 14.9. The topological polar surface area (TPSA) is 84.5 Å². The number of hydrogen-bond donors (Lipinski definition) is 2. The van der Waals surface area contributed by atoms with Gasteiger partial charge in [-0.25, -0.2) is 13.1 Å². The zero-order valence-corrected chi connectivity index (χ0v) is 18.4. The molecule has 0 radical (unpaired) electrons. The van der Waals surface area contributed by atoms with Crippen LogP contribution in [0.1, 0.15) is 34.5 Å². The lowest BCUT2D eigenvalue weighted by Gasteiger charge is -2.16. The molecule has 6 nitrogen and oxygen atoms in total. The number of carbonyl (C=O) groups is 1. The van der Waals surface area contributed by atoms with Crippen molar-refractivity contribution in [2.75, 3.05) is 13.7 Å². The number of benzene rings is 3. The van der Waals surface area contributed by atoms with Crippen molar-refractivity contribution in [3.05, 3.63) is 95.6 Å². The van der Waals surface area contributed by atoms with E-state index in [0.717, 1.165) is 11.1 Å². The van der Waals surface area contributed by atoms with Crippen molar-refractivity contribution in [2.45, 2.75) is 24.3 Å². The minimum absolute atomic E-state index is 0.0666. The Bertz CT molecular complexity index is 1120. The molecule has 7 heteroatoms. The lowest BCUT2D eigenvalue weighted by atomic mass is 10.1. The van der Waals surface area contributed by atoms with Crippen LogP contribution in [-0.4, -0.2) is 28.0 Å². The first-order valence-electron chi connectivity index (χ1n) is 9.98. The molecule has 162 valence electrons. The lowest BCUT2D eigenvalue weighted by Crippen LogP contribution is -2.28. The Morgan fingerprint density at radius 2 is 1.61 bits per heavy atom. The van der Waals surface area contributed by atoms with Crippen LogP contribution in [0.3, 0.4) is 0 Å². The van der Waals surface area contributed by atoms with Crippen molar-refractivity contribution in [2.24, 2.45) is 0 Å². The molecule has 1 atom stereocenters. The molecule has 0 saturated carbocycles. The molecule has 0 saturated heterocycles. The predicted octanol–water partition coefficient (Wildman–Crippen LogP) is 3.71. The van der Waals surface area contributed by atoms with Crippen LogP contribution < -0.4 is 14.8 Å². The van der Waals surface area contributed by atoms with Crippen LogP contribution in [0, 0.1) is 0 Å². The Morgan fingerprint density at radius 3 is 2.26 bits per heavy atom. The van der Waals surface area contributed by atoms with Crippen LogP contribution in [-0.2, 0) is 16.4 Å². The molecule has 2 N–H and O–H groups in total. The van der Waals surface area contributed by atoms with Crippen molar-refractivity contribution < 1.29 is 17.9 Å². The molecule has 0 fully saturated rings. The molecule has 0 unspecified atom stereocenters. The summed E-state index contributed by atoms with van der Waals surface area (Å²) in [5.41, 5.74) is 2.23. The minimum atomic E-state index is -3.86. The third-order valence-corrected chi connectivity index (χ3v) is 6.39. The fraction of sp³-hybridized carbons (Fsp3) is 0.208. The summed E-state index contributed by atoms with van der Waals surface area (Å²) >= 11 is 0. The van der Waals surface area contributed by atoms with E-state index in [4.69, 9.17) is 4.74 Å². The fourth-order valence-corrected chi connectivity index (χ4v) is 4.41. The van der Waals surface area contributed by atoms with Crippen LogP contribution in [0.4, 0.5) is 0 Å². The Hall–Kier alpha value is -3.16. The van der Waals surface area contributed by atoms with Gasteiger partial charge in [-0.05, 0) is 42.7 Å². The number of carbonyl (C=O) groups excluding carboxylic acids is 1. The average molecular weight is 439 g/mol. The van der Waals surface area contributed by atoms with E-state index < -0.39 is 10.0 Å². The Kier molecular flexibility index (Phi) is 7.44. The number of sulfonamides is 1. The Balaban J connectivity index is 1.75. The summed E-state index contributed by atoms with van der Waals surface area (Å²) in [6, 6.07) is 23.3. The van der Waals surface area contributed by atoms with Crippen molar-refractivity contribution >= 4 is 15.9 Å². The molecule has 0 aliphatic heterocycles. The van der Waals surface area contributed by atoms with Gasteiger partial charge in [0.15, 0.2) is 0 Å². The van der Waals surface area contributed by atoms with Crippen LogP contribution in [0.15, 0.2) is 83.8 Å². The molecule has 3 aromatic carbocycles. The molecule has 3 aromatic rings. The standard InChI is InChI=1S/C24H26N2O4S/c1-18(20-11-7-4-8-12-20)26-24(27)21-13-14-22(30-2)23(17-21)31(28,29)25-16-15-19-9-5-3-6-10-19/h3-14,17-18,25H,15-16H2,1-2H3,(H,26,27)/t18-/m0/s1. The summed E-state index contributed by atoms with van der Waals surface area (Å²) in [5, 5.41) is 2.90. The number of rotatable bonds is 9. The van der Waals surface area contributed by atoms with Gasteiger partial charge in [0.25, 0.3) is 5.91 Å². The smallest absolute Gasteiger partial charge is 0.251 e. The second-order valence-electron chi connectivity index (χ2n) is 7.10. The molecule has 0 spiro atoms. The number of nitrogens with one attached hydrogen (secondary N) is 2. The highest BCUT2D eigenvalue weighted by molar-refractivity contribution is 7.89. The van der Waals surface area contributed by atoms with E-state index in [1.165, 1.54) is 19.2 Å². The summed E-state index contributed by atoms with van der Waals surface area (Å²) in [7, 11) is -2.47. The molecule has 1 amide bonds. The highest BCUT2D eigenvalue weighted by Crippen LogP contribution is 2.25. The SMILES string of the molecule is COc1ccc(C(=O)N[C@@H](C)c2ccccc2)cc1S(=O)(=O)NCCc1ccccc1. The molecule has 0 aromatic heterocycles. The van der Waals surface area contributed by atoms with Gasteiger partial charge in [0, 0.05) is 12.1 Å². The van der Waals surface area contributed by atoms with Crippen molar-refractivity contribution in [3.8, 4) is 5.75 Å². The van der Waals surface area contributed by atoms with E-state index in [2.05, 4.69) is 10.0 Å². The average Bonchev–Trinajstić information content (AvgIpc) is 2.79. The van der Waals surface area contributed by atoms with Gasteiger partial charge in [0.05, 0.1) is 13.2 Å². The molecular weight excluding hydrogens is 412 g/mol. The zero-order valence-electron chi connectivity index (χ0n) is 17.5. The highest BCUT2D eigenvalue weighted by atomic mass is 32.2. The lowest BCUT2D eigenvalue weighted by molar-refractivity contribution is 0.0939. The molecule has 31 heavy (non-hydrogen) atoms. The number of ether oxygens (including phenoxy) is 1. The van der Waals surface area contributed by atoms with Crippen LogP contribution in [0.5, 0.6) is 5.75 Å². The molecular formula is C24H26N2O4S. The summed E-state index contributed by atoms with van der Waals surface area (Å²) < 4.78 is 33.6. The number of methoxy groups -OCH3 is 1. The zero-order chi connectivity index (χ0) is 22.3. The van der Waals surface area contributed by atoms with E-state index in [9.17, 15) is 13.2 Å². The van der Waals surface area contributed by atoms with Gasteiger partial charge in [-0.3, -0.25) is 4.79 Å². The summed E-state index contributed by atoms with van der Waals surface area (Å²) in [6.45, 7) is 2.11. The van der Waals surface area contributed by atoms with E-state index in [0.29, 0.717) is 6.42 Å². The summed E-state index contributed by atoms with van der Waals surface area (Å²) in [5.74, 6) is -0.181. The van der Waals surface area contributed by atoms with Gasteiger partial charge < -0.3 is 10.1 Å². The molecule has 0 heterocycles. The second kappa shape index (κ2) is 10.2. The Labute approximate surface area is 183 Å². The van der Waals surface area contributed by atoms with Crippen molar-refractivity contribution in [1.82, 2.24) is 10.0 Å². The van der Waals surface area contributed by atoms with Gasteiger partial charge in [-0.1, -0.05) is 60.7 Å². The molecule has 0 bridgehead atoms. The van der Waals surface area contributed by atoms with E-state index in [1.54, 1.807) is 6.07 Å². The molecule has 0 aliphatic carbocycles. The first-order valence-corrected chi connectivity index (χ1v) is 11.5. The first kappa shape index (κ1) is 22.5. The fourth-order valence-electron chi connectivity index (χ4n) is 3.19. The van der Waals surface area contributed by atoms with Crippen LogP contribution in [0.25, 0.3) is 0 Å². The van der Waals surface area contributed by atoms with Gasteiger partial charge in [0.2, 0.25) is 10.0 Å². The maximum atomic E-state index is 12.9. The summed E-state index contributed by atoms with van der Waals surface area (Å²) in [4.78, 5) is 12.7. The monoisotopic (exact) mass is 438 g/mol. The predicted molar refractivity (Wildman–Crippen MR) is 121 cm³/mol. The maximum Gasteiger partial charge on any atom is 0.251 e. The molecule has 3 rings (SSSR count). The van der Waals surface area contributed by atoms with E-state index in [1.807, 2.05) is 67.6 Å². The van der Waals surface area contributed by atoms with E-state index in [-0.39, 0.29) is 34.7 Å². The second-order valence-corrected chi connectivity index (χ2v) is 8.84. The van der Waals surface area contributed by atoms with Gasteiger partial charge in [0.1, 0.15) is 10.6 Å². The van der Waals surface area contributed by atoms with Gasteiger partial charge in [-0.2, -0.15) is 0 Å². The van der Waals surface area contributed by atoms with Gasteiger partial charge >= 0.3 is 0 Å². The third kappa shape index (κ3) is 5.93. The highest BCUT2D eigenvalue weighted by Gasteiger charge is 2.22. The molecule has 0 aliphatic rings. The van der Waals surface area contributed by atoms with Crippen LogP contribution in [0.2, 0.25) is 0 Å². The number of hydrogen-bond acceptors (Lipinski definition) is 4. The minimum Gasteiger partial charge on any atom is -0.495 e. The normalized spacial score (nSPS) is 12.2. The van der Waals surface area contributed by atoms with Crippen molar-refractivity contribution in [1.29, 1.82) is 0 Å². The number of amides is 1. The van der Waals surface area contributed by atoms with E-state index >= 15 is 0 Å². The van der Waals surface area contributed by atoms with Crippen molar-refractivity contribution in [3.63, 3.8) is 0 Å². The quantitative estimate of drug-likeness (QED) is 0.533. The van der Waals surface area contributed by atoms with Gasteiger partial charge in [-0.15, -0.1) is 0 Å². The summed E-state index contributed by atoms with van der Waals surface area (Å²) in [6.07, 6.45) is 0.553. The maximum absolute atomic E-state index is 12.9. The largest absolute Gasteiger partial charge is 0.495 e. The Morgan fingerprint density at radius 1 is 0.968 bits per heavy atom. The van der Waals surface area contributed by atoms with Crippen LogP contribution >= 0.6 is 0 Å². The third-order valence-electron chi connectivity index (χ3n) is 4.91.